The normalized spacial score (nSPS) is 12.6. The maximum Gasteiger partial charge on any atom is 0.331 e. The highest BCUT2D eigenvalue weighted by molar-refractivity contribution is 5.81. The Balaban J connectivity index is 1.66. The van der Waals surface area contributed by atoms with Crippen LogP contribution >= 0.6 is 0 Å². The Hall–Kier alpha value is -3.45. The van der Waals surface area contributed by atoms with Gasteiger partial charge >= 0.3 is 5.97 Å². The minimum atomic E-state index is -1.13. The molecule has 3 rings (SSSR count). The highest BCUT2D eigenvalue weighted by Gasteiger charge is 2.33. The molecule has 3 aromatic rings. The number of carbonyl (C=O) groups excluding carboxylic acids is 1. The van der Waals surface area contributed by atoms with Gasteiger partial charge in [0.25, 0.3) is 0 Å². The van der Waals surface area contributed by atoms with Crippen LogP contribution in [0, 0.1) is 16.7 Å². The predicted molar refractivity (Wildman–Crippen MR) is 128 cm³/mol. The summed E-state index contributed by atoms with van der Waals surface area (Å²) in [6.07, 6.45) is 7.16. The van der Waals surface area contributed by atoms with Crippen LogP contribution < -0.4 is 4.74 Å². The third kappa shape index (κ3) is 5.62. The minimum absolute atomic E-state index is 0.406. The lowest BCUT2D eigenvalue weighted by molar-refractivity contribution is -0.141. The van der Waals surface area contributed by atoms with Crippen molar-refractivity contribution < 1.29 is 9.53 Å². The smallest absolute Gasteiger partial charge is 0.331 e. The Morgan fingerprint density at radius 3 is 2.09 bits per heavy atom. The molecule has 0 saturated carbocycles. The van der Waals surface area contributed by atoms with Gasteiger partial charge in [0, 0.05) is 11.8 Å². The molecule has 0 spiro atoms. The van der Waals surface area contributed by atoms with E-state index >= 15 is 0 Å². The van der Waals surface area contributed by atoms with Crippen LogP contribution in [-0.2, 0) is 11.2 Å². The molecule has 2 aromatic carbocycles. The molecule has 1 unspecified atom stereocenters. The van der Waals surface area contributed by atoms with Crippen LogP contribution in [0.4, 0.5) is 0 Å². The summed E-state index contributed by atoms with van der Waals surface area (Å²) in [7, 11) is 0. The number of aromatic nitrogens is 1. The van der Waals surface area contributed by atoms with Crippen LogP contribution in [0.3, 0.4) is 0 Å². The van der Waals surface area contributed by atoms with Gasteiger partial charge in [0.2, 0.25) is 0 Å². The van der Waals surface area contributed by atoms with E-state index in [1.807, 2.05) is 24.4 Å². The standard InChI is InChI=1S/C28H30N2O2/c1-4-6-7-8-21-9-18-26(30-19-21)24-12-10-22(11-13-24)23-14-16-25(17-15-23)32-27(31)28(3,5-2)20-29/h9-19H,4-8H2,1-3H3. The summed E-state index contributed by atoms with van der Waals surface area (Å²) < 4.78 is 5.40. The number of hydrogen-bond donors (Lipinski definition) is 0. The van der Waals surface area contributed by atoms with Crippen molar-refractivity contribution in [1.29, 1.82) is 5.26 Å². The second-order valence-electron chi connectivity index (χ2n) is 8.30. The van der Waals surface area contributed by atoms with E-state index in [4.69, 9.17) is 4.74 Å². The maximum absolute atomic E-state index is 12.3. The topological polar surface area (TPSA) is 63.0 Å². The van der Waals surface area contributed by atoms with Crippen molar-refractivity contribution in [2.45, 2.75) is 52.9 Å². The fraction of sp³-hybridized carbons (Fsp3) is 0.321. The van der Waals surface area contributed by atoms with Crippen molar-refractivity contribution in [3.63, 3.8) is 0 Å². The molecular formula is C28H30N2O2. The number of aryl methyl sites for hydroxylation is 1. The number of unbranched alkanes of at least 4 members (excludes halogenated alkanes) is 2. The molecular weight excluding hydrogens is 396 g/mol. The van der Waals surface area contributed by atoms with Gasteiger partial charge in [-0.1, -0.05) is 69.2 Å². The molecule has 0 radical (unpaired) electrons. The number of nitrogens with zero attached hydrogens (tertiary/aromatic N) is 2. The molecule has 0 aliphatic carbocycles. The van der Waals surface area contributed by atoms with Gasteiger partial charge in [0.05, 0.1) is 11.8 Å². The van der Waals surface area contributed by atoms with E-state index in [9.17, 15) is 10.1 Å². The lowest BCUT2D eigenvalue weighted by Gasteiger charge is -2.17. The molecule has 4 heteroatoms. The average Bonchev–Trinajstić information content (AvgIpc) is 2.84. The first-order chi connectivity index (χ1) is 15.5. The highest BCUT2D eigenvalue weighted by Crippen LogP contribution is 2.28. The molecule has 1 heterocycles. The van der Waals surface area contributed by atoms with Crippen LogP contribution in [0.1, 0.15) is 52.0 Å². The van der Waals surface area contributed by atoms with Crippen molar-refractivity contribution in [1.82, 2.24) is 4.98 Å². The first kappa shape index (κ1) is 23.2. The van der Waals surface area contributed by atoms with E-state index < -0.39 is 11.4 Å². The molecule has 0 fully saturated rings. The van der Waals surface area contributed by atoms with Gasteiger partial charge in [0.15, 0.2) is 5.41 Å². The number of hydrogen-bond acceptors (Lipinski definition) is 4. The number of benzene rings is 2. The van der Waals surface area contributed by atoms with Gasteiger partial charge in [-0.25, -0.2) is 4.79 Å². The molecule has 0 N–H and O–H groups in total. The van der Waals surface area contributed by atoms with Gasteiger partial charge in [-0.3, -0.25) is 4.98 Å². The van der Waals surface area contributed by atoms with E-state index in [1.54, 1.807) is 26.0 Å². The Morgan fingerprint density at radius 1 is 0.938 bits per heavy atom. The summed E-state index contributed by atoms with van der Waals surface area (Å²) in [4.78, 5) is 16.9. The Morgan fingerprint density at radius 2 is 1.56 bits per heavy atom. The minimum Gasteiger partial charge on any atom is -0.425 e. The highest BCUT2D eigenvalue weighted by atomic mass is 16.5. The third-order valence-corrected chi connectivity index (χ3v) is 5.88. The van der Waals surface area contributed by atoms with Gasteiger partial charge in [0.1, 0.15) is 5.75 Å². The quantitative estimate of drug-likeness (QED) is 0.210. The van der Waals surface area contributed by atoms with Crippen LogP contribution in [0.2, 0.25) is 0 Å². The van der Waals surface area contributed by atoms with E-state index in [1.165, 1.54) is 24.8 Å². The largest absolute Gasteiger partial charge is 0.425 e. The number of pyridine rings is 1. The lowest BCUT2D eigenvalue weighted by atomic mass is 9.90. The van der Waals surface area contributed by atoms with Crippen LogP contribution in [-0.4, -0.2) is 11.0 Å². The molecule has 4 nitrogen and oxygen atoms in total. The van der Waals surface area contributed by atoms with Crippen LogP contribution in [0.5, 0.6) is 5.75 Å². The number of ether oxygens (including phenoxy) is 1. The van der Waals surface area contributed by atoms with Gasteiger partial charge in [-0.2, -0.15) is 5.26 Å². The zero-order chi connectivity index (χ0) is 23.0. The Bertz CT molecular complexity index is 1060. The second-order valence-corrected chi connectivity index (χ2v) is 8.30. The summed E-state index contributed by atoms with van der Waals surface area (Å²) in [6, 6.07) is 21.9. The Kier molecular flexibility index (Phi) is 7.78. The SMILES string of the molecule is CCCCCc1ccc(-c2ccc(-c3ccc(OC(=O)C(C)(C#N)CC)cc3)cc2)nc1. The third-order valence-electron chi connectivity index (χ3n) is 5.88. The Labute approximate surface area is 190 Å². The summed E-state index contributed by atoms with van der Waals surface area (Å²) >= 11 is 0. The van der Waals surface area contributed by atoms with Gasteiger partial charge in [-0.05, 0) is 61.1 Å². The summed E-state index contributed by atoms with van der Waals surface area (Å²) in [5, 5.41) is 9.23. The average molecular weight is 427 g/mol. The first-order valence-electron chi connectivity index (χ1n) is 11.3. The number of esters is 1. The summed E-state index contributed by atoms with van der Waals surface area (Å²) in [5.74, 6) is -0.0861. The molecule has 164 valence electrons. The van der Waals surface area contributed by atoms with Crippen molar-refractivity contribution in [2.24, 2.45) is 5.41 Å². The number of carbonyl (C=O) groups is 1. The fourth-order valence-electron chi connectivity index (χ4n) is 3.36. The zero-order valence-electron chi connectivity index (χ0n) is 19.1. The van der Waals surface area contributed by atoms with E-state index in [-0.39, 0.29) is 0 Å². The fourth-order valence-corrected chi connectivity index (χ4v) is 3.36. The molecule has 0 saturated heterocycles. The molecule has 0 bridgehead atoms. The van der Waals surface area contributed by atoms with Crippen molar-refractivity contribution >= 4 is 5.97 Å². The van der Waals surface area contributed by atoms with Crippen LogP contribution in [0.15, 0.2) is 66.9 Å². The van der Waals surface area contributed by atoms with E-state index in [0.29, 0.717) is 12.2 Å². The first-order valence-corrected chi connectivity index (χ1v) is 11.3. The molecule has 1 aromatic heterocycles. The maximum atomic E-state index is 12.3. The predicted octanol–water partition coefficient (Wildman–Crippen LogP) is 6.99. The monoisotopic (exact) mass is 426 g/mol. The second kappa shape index (κ2) is 10.7. The van der Waals surface area contributed by atoms with Crippen LogP contribution in [0.25, 0.3) is 22.4 Å². The van der Waals surface area contributed by atoms with E-state index in [0.717, 1.165) is 28.8 Å². The summed E-state index contributed by atoms with van der Waals surface area (Å²) in [5.41, 5.74) is 4.29. The molecule has 1 atom stereocenters. The van der Waals surface area contributed by atoms with E-state index in [2.05, 4.69) is 48.3 Å². The van der Waals surface area contributed by atoms with Crippen molar-refractivity contribution in [2.75, 3.05) is 0 Å². The number of nitriles is 1. The van der Waals surface area contributed by atoms with Gasteiger partial charge < -0.3 is 4.74 Å². The molecule has 0 aliphatic rings. The number of rotatable bonds is 9. The molecule has 32 heavy (non-hydrogen) atoms. The van der Waals surface area contributed by atoms with Crippen molar-refractivity contribution in [3.05, 3.63) is 72.4 Å². The van der Waals surface area contributed by atoms with Crippen molar-refractivity contribution in [3.8, 4) is 34.2 Å². The summed E-state index contributed by atoms with van der Waals surface area (Å²) in [6.45, 7) is 5.61. The lowest BCUT2D eigenvalue weighted by Crippen LogP contribution is -2.29. The van der Waals surface area contributed by atoms with Gasteiger partial charge in [-0.15, -0.1) is 0 Å². The molecule has 0 aliphatic heterocycles. The zero-order valence-corrected chi connectivity index (χ0v) is 19.1. The molecule has 0 amide bonds.